The van der Waals surface area contributed by atoms with Gasteiger partial charge in [-0.2, -0.15) is 0 Å². The number of nitrogens with zero attached hydrogens (tertiary/aromatic N) is 4. The summed E-state index contributed by atoms with van der Waals surface area (Å²) in [5, 5.41) is 8.99. The summed E-state index contributed by atoms with van der Waals surface area (Å²) in [6, 6.07) is 0. The molecule has 3 heterocycles. The number of allylic oxidation sites excluding steroid dienone is 2. The Bertz CT molecular complexity index is 621. The molecule has 1 amide bonds. The van der Waals surface area contributed by atoms with E-state index in [-0.39, 0.29) is 5.92 Å². The molecule has 4 rings (SSSR count). The molecule has 3 aliphatic rings. The molecule has 0 radical (unpaired) electrons. The summed E-state index contributed by atoms with van der Waals surface area (Å²) in [5.74, 6) is 3.21. The molecule has 2 atom stereocenters. The number of likely N-dealkylation sites (tertiary alicyclic amines) is 1. The van der Waals surface area contributed by atoms with Crippen molar-refractivity contribution < 1.29 is 4.79 Å². The van der Waals surface area contributed by atoms with Gasteiger partial charge in [0.25, 0.3) is 0 Å². The number of amides is 1. The van der Waals surface area contributed by atoms with Crippen LogP contribution in [0.25, 0.3) is 0 Å². The molecule has 1 aromatic rings. The lowest BCUT2D eigenvalue weighted by Gasteiger charge is -2.35. The van der Waals surface area contributed by atoms with Crippen LogP contribution >= 0.6 is 0 Å². The molecule has 1 aliphatic carbocycles. The standard InChI is InChI=1S/C19H28N4O/c24-19(15-8-3-1-4-9-15)22-12-7-10-16(14-22)18-21-20-17-11-5-2-6-13-23(17)18/h1,3,15-16H,2,4-14H2. The van der Waals surface area contributed by atoms with Crippen molar-refractivity contribution in [2.45, 2.75) is 70.3 Å². The third-order valence-corrected chi connectivity index (χ3v) is 5.85. The van der Waals surface area contributed by atoms with Crippen molar-refractivity contribution in [3.05, 3.63) is 23.8 Å². The van der Waals surface area contributed by atoms with Gasteiger partial charge in [0, 0.05) is 37.9 Å². The number of hydrogen-bond acceptors (Lipinski definition) is 3. The van der Waals surface area contributed by atoms with Gasteiger partial charge in [-0.05, 0) is 44.9 Å². The third-order valence-electron chi connectivity index (χ3n) is 5.85. The fraction of sp³-hybridized carbons (Fsp3) is 0.737. The van der Waals surface area contributed by atoms with E-state index >= 15 is 0 Å². The van der Waals surface area contributed by atoms with Gasteiger partial charge in [-0.15, -0.1) is 10.2 Å². The van der Waals surface area contributed by atoms with Gasteiger partial charge in [0.15, 0.2) is 0 Å². The van der Waals surface area contributed by atoms with E-state index in [1.165, 1.54) is 19.3 Å². The van der Waals surface area contributed by atoms with Gasteiger partial charge in [0.2, 0.25) is 5.91 Å². The van der Waals surface area contributed by atoms with E-state index in [1.807, 2.05) is 0 Å². The Morgan fingerprint density at radius 1 is 1.04 bits per heavy atom. The molecule has 5 nitrogen and oxygen atoms in total. The van der Waals surface area contributed by atoms with Crippen LogP contribution in [0.15, 0.2) is 12.2 Å². The van der Waals surface area contributed by atoms with Gasteiger partial charge in [0.05, 0.1) is 0 Å². The van der Waals surface area contributed by atoms with E-state index in [2.05, 4.69) is 31.8 Å². The smallest absolute Gasteiger partial charge is 0.226 e. The van der Waals surface area contributed by atoms with Crippen LogP contribution < -0.4 is 0 Å². The van der Waals surface area contributed by atoms with Gasteiger partial charge >= 0.3 is 0 Å². The average molecular weight is 328 g/mol. The zero-order chi connectivity index (χ0) is 16.4. The quantitative estimate of drug-likeness (QED) is 0.784. The summed E-state index contributed by atoms with van der Waals surface area (Å²) in [6.45, 7) is 2.79. The van der Waals surface area contributed by atoms with Crippen molar-refractivity contribution in [1.82, 2.24) is 19.7 Å². The molecular formula is C19H28N4O. The molecule has 0 N–H and O–H groups in total. The summed E-state index contributed by atoms with van der Waals surface area (Å²) in [6.07, 6.45) is 14.4. The van der Waals surface area contributed by atoms with E-state index < -0.39 is 0 Å². The van der Waals surface area contributed by atoms with Crippen molar-refractivity contribution in [1.29, 1.82) is 0 Å². The molecule has 130 valence electrons. The number of piperidine rings is 1. The Kier molecular flexibility index (Phi) is 4.67. The van der Waals surface area contributed by atoms with Crippen molar-refractivity contribution in [2.24, 2.45) is 5.92 Å². The van der Waals surface area contributed by atoms with Crippen LogP contribution in [0.4, 0.5) is 0 Å². The van der Waals surface area contributed by atoms with Crippen molar-refractivity contribution >= 4 is 5.91 Å². The molecule has 5 heteroatoms. The Balaban J connectivity index is 1.48. The minimum Gasteiger partial charge on any atom is -0.342 e. The second-order valence-corrected chi connectivity index (χ2v) is 7.54. The first-order valence-electron chi connectivity index (χ1n) is 9.68. The number of carbonyl (C=O) groups excluding carboxylic acids is 1. The van der Waals surface area contributed by atoms with Gasteiger partial charge in [0.1, 0.15) is 11.6 Å². The van der Waals surface area contributed by atoms with Gasteiger partial charge in [-0.1, -0.05) is 18.6 Å². The van der Waals surface area contributed by atoms with Crippen molar-refractivity contribution in [3.8, 4) is 0 Å². The second kappa shape index (κ2) is 7.08. The number of carbonyl (C=O) groups is 1. The zero-order valence-corrected chi connectivity index (χ0v) is 14.5. The average Bonchev–Trinajstić information content (AvgIpc) is 2.90. The van der Waals surface area contributed by atoms with Crippen LogP contribution in [0, 0.1) is 5.92 Å². The first-order chi connectivity index (χ1) is 11.8. The van der Waals surface area contributed by atoms with Crippen LogP contribution in [0.5, 0.6) is 0 Å². The van der Waals surface area contributed by atoms with Crippen LogP contribution in [0.1, 0.15) is 68.9 Å². The molecule has 2 unspecified atom stereocenters. The van der Waals surface area contributed by atoms with E-state index in [1.54, 1.807) is 0 Å². The SMILES string of the molecule is O=C(C1CC=CCC1)N1CCCC(c2nnc3n2CCCCC3)C1. The molecule has 0 saturated carbocycles. The maximum atomic E-state index is 12.9. The van der Waals surface area contributed by atoms with Crippen molar-refractivity contribution in [2.75, 3.05) is 13.1 Å². The minimum atomic E-state index is 0.198. The van der Waals surface area contributed by atoms with Crippen LogP contribution in [0.2, 0.25) is 0 Å². The first-order valence-corrected chi connectivity index (χ1v) is 9.68. The maximum Gasteiger partial charge on any atom is 0.226 e. The van der Waals surface area contributed by atoms with E-state index in [9.17, 15) is 4.79 Å². The highest BCUT2D eigenvalue weighted by Gasteiger charge is 2.32. The lowest BCUT2D eigenvalue weighted by atomic mass is 9.90. The monoisotopic (exact) mass is 328 g/mol. The normalized spacial score (nSPS) is 27.6. The zero-order valence-electron chi connectivity index (χ0n) is 14.5. The highest BCUT2D eigenvalue weighted by molar-refractivity contribution is 5.79. The number of aryl methyl sites for hydroxylation is 1. The van der Waals surface area contributed by atoms with Gasteiger partial charge < -0.3 is 9.47 Å². The largest absolute Gasteiger partial charge is 0.342 e. The minimum absolute atomic E-state index is 0.198. The topological polar surface area (TPSA) is 51.0 Å². The Labute approximate surface area is 144 Å². The van der Waals surface area contributed by atoms with Gasteiger partial charge in [-0.25, -0.2) is 0 Å². The number of rotatable bonds is 2. The predicted molar refractivity (Wildman–Crippen MR) is 92.6 cm³/mol. The van der Waals surface area contributed by atoms with E-state index in [0.717, 1.165) is 69.8 Å². The molecule has 0 bridgehead atoms. The highest BCUT2D eigenvalue weighted by Crippen LogP contribution is 2.30. The Hall–Kier alpha value is -1.65. The fourth-order valence-electron chi connectivity index (χ4n) is 4.47. The maximum absolute atomic E-state index is 12.9. The lowest BCUT2D eigenvalue weighted by molar-refractivity contribution is -0.137. The molecule has 1 aromatic heterocycles. The predicted octanol–water partition coefficient (Wildman–Crippen LogP) is 3.07. The summed E-state index contributed by atoms with van der Waals surface area (Å²) < 4.78 is 2.36. The fourth-order valence-corrected chi connectivity index (χ4v) is 4.47. The van der Waals surface area contributed by atoms with E-state index in [0.29, 0.717) is 11.8 Å². The molecule has 2 aliphatic heterocycles. The van der Waals surface area contributed by atoms with Crippen LogP contribution in [0.3, 0.4) is 0 Å². The van der Waals surface area contributed by atoms with Crippen LogP contribution in [-0.2, 0) is 17.8 Å². The molecule has 1 fully saturated rings. The second-order valence-electron chi connectivity index (χ2n) is 7.54. The molecule has 1 saturated heterocycles. The summed E-state index contributed by atoms with van der Waals surface area (Å²) in [4.78, 5) is 15.0. The lowest BCUT2D eigenvalue weighted by Crippen LogP contribution is -2.43. The molecule has 24 heavy (non-hydrogen) atoms. The molecule has 0 spiro atoms. The number of fused-ring (bicyclic) bond motifs is 1. The van der Waals surface area contributed by atoms with Crippen molar-refractivity contribution in [3.63, 3.8) is 0 Å². The molecule has 0 aromatic carbocycles. The van der Waals surface area contributed by atoms with Crippen LogP contribution in [-0.4, -0.2) is 38.7 Å². The number of hydrogen-bond donors (Lipinski definition) is 0. The summed E-state index contributed by atoms with van der Waals surface area (Å²) in [7, 11) is 0. The Morgan fingerprint density at radius 2 is 2.00 bits per heavy atom. The van der Waals surface area contributed by atoms with Gasteiger partial charge in [-0.3, -0.25) is 4.79 Å². The molecular weight excluding hydrogens is 300 g/mol. The summed E-state index contributed by atoms with van der Waals surface area (Å²) in [5.41, 5.74) is 0. The highest BCUT2D eigenvalue weighted by atomic mass is 16.2. The first kappa shape index (κ1) is 15.9. The number of aromatic nitrogens is 3. The van der Waals surface area contributed by atoms with E-state index in [4.69, 9.17) is 0 Å². The third kappa shape index (κ3) is 3.13. The summed E-state index contributed by atoms with van der Waals surface area (Å²) >= 11 is 0. The Morgan fingerprint density at radius 3 is 2.88 bits per heavy atom.